The van der Waals surface area contributed by atoms with Gasteiger partial charge < -0.3 is 14.6 Å². The summed E-state index contributed by atoms with van der Waals surface area (Å²) in [6.45, 7) is 5.29. The minimum atomic E-state index is -0.534. The van der Waals surface area contributed by atoms with Gasteiger partial charge in [0.25, 0.3) is 0 Å². The molecule has 0 radical (unpaired) electrons. The third kappa shape index (κ3) is 35.4. The molecule has 4 heteroatoms. The quantitative estimate of drug-likeness (QED) is 0.0430. The van der Waals surface area contributed by atoms with E-state index in [4.69, 9.17) is 9.47 Å². The molecule has 1 N–H and O–H groups in total. The maximum Gasteiger partial charge on any atom is 0.306 e. The van der Waals surface area contributed by atoms with Crippen LogP contribution < -0.4 is 0 Å². The fourth-order valence-electron chi connectivity index (χ4n) is 5.60. The van der Waals surface area contributed by atoms with Crippen LogP contribution >= 0.6 is 0 Å². The molecule has 0 aliphatic rings. The molecule has 0 bridgehead atoms. The molecule has 4 nitrogen and oxygen atoms in total. The van der Waals surface area contributed by atoms with Gasteiger partial charge in [0.2, 0.25) is 0 Å². The first-order chi connectivity index (χ1) is 21.7. The monoisotopic (exact) mass is 621 g/mol. The molecule has 0 spiro atoms. The highest BCUT2D eigenvalue weighted by atomic mass is 16.6. The van der Waals surface area contributed by atoms with Crippen LogP contribution in [0.2, 0.25) is 0 Å². The summed E-state index contributed by atoms with van der Waals surface area (Å²) in [5.74, 6) is -0.202. The number of esters is 1. The Morgan fingerprint density at radius 3 is 1.50 bits per heavy atom. The SMILES string of the molecule is CCC/C=C\C/C=C\CCCCCCCCOCC(CO)OC(=O)CCCCCCCCCCCCCCCCCCCC. The zero-order valence-electron chi connectivity index (χ0n) is 29.7. The Labute approximate surface area is 275 Å². The Morgan fingerprint density at radius 1 is 0.545 bits per heavy atom. The number of rotatable bonds is 36. The molecule has 1 unspecified atom stereocenters. The van der Waals surface area contributed by atoms with Gasteiger partial charge in [0.05, 0.1) is 13.2 Å². The van der Waals surface area contributed by atoms with Gasteiger partial charge in [0.1, 0.15) is 6.10 Å². The number of hydrogen-bond acceptors (Lipinski definition) is 4. The van der Waals surface area contributed by atoms with Crippen molar-refractivity contribution >= 4 is 5.97 Å². The fourth-order valence-corrected chi connectivity index (χ4v) is 5.60. The average molecular weight is 621 g/mol. The normalized spacial score (nSPS) is 12.5. The maximum absolute atomic E-state index is 12.2. The number of hydrogen-bond donors (Lipinski definition) is 1. The van der Waals surface area contributed by atoms with E-state index in [9.17, 15) is 9.90 Å². The summed E-state index contributed by atoms with van der Waals surface area (Å²) in [7, 11) is 0. The third-order valence-electron chi connectivity index (χ3n) is 8.51. The van der Waals surface area contributed by atoms with Crippen LogP contribution in [0.25, 0.3) is 0 Å². The van der Waals surface area contributed by atoms with E-state index in [1.807, 2.05) is 0 Å². The molecule has 0 aromatic heterocycles. The van der Waals surface area contributed by atoms with Crippen LogP contribution in [0.4, 0.5) is 0 Å². The Balaban J connectivity index is 3.41. The molecule has 0 aliphatic heterocycles. The van der Waals surface area contributed by atoms with Crippen molar-refractivity contribution in [1.29, 1.82) is 0 Å². The van der Waals surface area contributed by atoms with Crippen LogP contribution in [-0.4, -0.2) is 37.0 Å². The largest absolute Gasteiger partial charge is 0.457 e. The van der Waals surface area contributed by atoms with E-state index in [0.717, 1.165) is 25.7 Å². The molecular formula is C40H76O4. The van der Waals surface area contributed by atoms with Crippen LogP contribution in [0.1, 0.15) is 200 Å². The maximum atomic E-state index is 12.2. The number of allylic oxidation sites excluding steroid dienone is 4. The van der Waals surface area contributed by atoms with E-state index in [0.29, 0.717) is 19.6 Å². The predicted octanol–water partition coefficient (Wildman–Crippen LogP) is 12.4. The number of carbonyl (C=O) groups is 1. The summed E-state index contributed by atoms with van der Waals surface area (Å²) in [6, 6.07) is 0. The first kappa shape index (κ1) is 42.9. The zero-order chi connectivity index (χ0) is 32.0. The van der Waals surface area contributed by atoms with Gasteiger partial charge in [-0.25, -0.2) is 0 Å². The number of aliphatic hydroxyl groups is 1. The van der Waals surface area contributed by atoms with E-state index in [1.54, 1.807) is 0 Å². The summed E-state index contributed by atoms with van der Waals surface area (Å²) in [5.41, 5.74) is 0. The summed E-state index contributed by atoms with van der Waals surface area (Å²) in [6.07, 6.45) is 45.1. The van der Waals surface area contributed by atoms with Gasteiger partial charge in [0.15, 0.2) is 0 Å². The van der Waals surface area contributed by atoms with Gasteiger partial charge in [-0.3, -0.25) is 4.79 Å². The first-order valence-electron chi connectivity index (χ1n) is 19.4. The van der Waals surface area contributed by atoms with Gasteiger partial charge in [-0.1, -0.05) is 179 Å². The van der Waals surface area contributed by atoms with E-state index < -0.39 is 6.10 Å². The molecule has 0 saturated carbocycles. The molecular weight excluding hydrogens is 544 g/mol. The number of unbranched alkanes of at least 4 members (excludes halogenated alkanes) is 24. The van der Waals surface area contributed by atoms with E-state index in [-0.39, 0.29) is 12.6 Å². The third-order valence-corrected chi connectivity index (χ3v) is 8.51. The summed E-state index contributed by atoms with van der Waals surface area (Å²) in [5, 5.41) is 9.56. The Bertz CT molecular complexity index is 614. The van der Waals surface area contributed by atoms with Crippen molar-refractivity contribution in [3.63, 3.8) is 0 Å². The highest BCUT2D eigenvalue weighted by Gasteiger charge is 2.13. The van der Waals surface area contributed by atoms with Crippen molar-refractivity contribution in [1.82, 2.24) is 0 Å². The highest BCUT2D eigenvalue weighted by molar-refractivity contribution is 5.69. The summed E-state index contributed by atoms with van der Waals surface area (Å²) < 4.78 is 11.1. The predicted molar refractivity (Wildman–Crippen MR) is 191 cm³/mol. The standard InChI is InChI=1S/C40H76O4/c1-3-5-7-9-11-13-15-17-19-20-21-22-23-25-27-29-31-33-35-40(42)44-39(37-41)38-43-36-34-32-30-28-26-24-18-16-14-12-10-8-6-4-2/h8,10,14,16,39,41H,3-7,9,11-13,15,17-38H2,1-2H3/b10-8-,16-14-. The van der Waals surface area contributed by atoms with Crippen molar-refractivity contribution in [2.24, 2.45) is 0 Å². The summed E-state index contributed by atoms with van der Waals surface area (Å²) >= 11 is 0. The Kier molecular flexibility index (Phi) is 37.1. The van der Waals surface area contributed by atoms with Crippen LogP contribution in [-0.2, 0) is 14.3 Å². The van der Waals surface area contributed by atoms with Crippen LogP contribution in [0.3, 0.4) is 0 Å². The van der Waals surface area contributed by atoms with Crippen LogP contribution in [0, 0.1) is 0 Å². The first-order valence-corrected chi connectivity index (χ1v) is 19.4. The van der Waals surface area contributed by atoms with E-state index >= 15 is 0 Å². The average Bonchev–Trinajstić information content (AvgIpc) is 3.03. The molecule has 260 valence electrons. The van der Waals surface area contributed by atoms with Gasteiger partial charge >= 0.3 is 5.97 Å². The van der Waals surface area contributed by atoms with Gasteiger partial charge in [-0.15, -0.1) is 0 Å². The number of carbonyl (C=O) groups excluding carboxylic acids is 1. The van der Waals surface area contributed by atoms with Crippen LogP contribution in [0.5, 0.6) is 0 Å². The van der Waals surface area contributed by atoms with Gasteiger partial charge in [-0.05, 0) is 38.5 Å². The van der Waals surface area contributed by atoms with Crippen molar-refractivity contribution in [3.05, 3.63) is 24.3 Å². The van der Waals surface area contributed by atoms with E-state index in [1.165, 1.54) is 154 Å². The van der Waals surface area contributed by atoms with Gasteiger partial charge in [0, 0.05) is 13.0 Å². The minimum Gasteiger partial charge on any atom is -0.457 e. The smallest absolute Gasteiger partial charge is 0.306 e. The molecule has 1 atom stereocenters. The molecule has 0 aliphatic carbocycles. The lowest BCUT2D eigenvalue weighted by molar-refractivity contribution is -0.154. The minimum absolute atomic E-state index is 0.172. The second-order valence-electron chi connectivity index (χ2n) is 13.0. The molecule has 0 saturated heterocycles. The zero-order valence-corrected chi connectivity index (χ0v) is 29.7. The Morgan fingerprint density at radius 2 is 1.00 bits per heavy atom. The molecule has 0 amide bonds. The van der Waals surface area contributed by atoms with Gasteiger partial charge in [-0.2, -0.15) is 0 Å². The van der Waals surface area contributed by atoms with Crippen molar-refractivity contribution in [2.75, 3.05) is 19.8 Å². The molecule has 0 aromatic carbocycles. The second kappa shape index (κ2) is 38.1. The fraction of sp³-hybridized carbons (Fsp3) is 0.875. The summed E-state index contributed by atoms with van der Waals surface area (Å²) in [4.78, 5) is 12.2. The second-order valence-corrected chi connectivity index (χ2v) is 13.0. The molecule has 0 fully saturated rings. The number of aliphatic hydroxyl groups excluding tert-OH is 1. The lowest BCUT2D eigenvalue weighted by Crippen LogP contribution is -2.27. The molecule has 0 aromatic rings. The van der Waals surface area contributed by atoms with Crippen molar-refractivity contribution in [3.8, 4) is 0 Å². The molecule has 0 heterocycles. The van der Waals surface area contributed by atoms with E-state index in [2.05, 4.69) is 38.2 Å². The lowest BCUT2D eigenvalue weighted by Gasteiger charge is -2.15. The highest BCUT2D eigenvalue weighted by Crippen LogP contribution is 2.15. The van der Waals surface area contributed by atoms with Crippen LogP contribution in [0.15, 0.2) is 24.3 Å². The lowest BCUT2D eigenvalue weighted by atomic mass is 10.0. The van der Waals surface area contributed by atoms with Crippen molar-refractivity contribution in [2.45, 2.75) is 206 Å². The molecule has 0 rings (SSSR count). The number of ether oxygens (including phenoxy) is 2. The Hall–Kier alpha value is -1.13. The topological polar surface area (TPSA) is 55.8 Å². The van der Waals surface area contributed by atoms with Crippen molar-refractivity contribution < 1.29 is 19.4 Å². The molecule has 44 heavy (non-hydrogen) atoms.